The minimum Gasteiger partial charge on any atom is -0.462 e. The highest BCUT2D eigenvalue weighted by atomic mass is 16.5. The molecule has 0 spiro atoms. The minimum absolute atomic E-state index is 0.324. The highest BCUT2D eigenvalue weighted by Gasteiger charge is 2.06. The van der Waals surface area contributed by atoms with Gasteiger partial charge in [-0.1, -0.05) is 13.8 Å². The summed E-state index contributed by atoms with van der Waals surface area (Å²) >= 11 is 0. The first-order valence-corrected chi connectivity index (χ1v) is 7.69. The van der Waals surface area contributed by atoms with Crippen molar-refractivity contribution in [1.29, 1.82) is 0 Å². The molecule has 0 saturated heterocycles. The Kier molecular flexibility index (Phi) is 5.91. The fraction of sp³-hybridized carbons (Fsp3) is 0.353. The van der Waals surface area contributed by atoms with E-state index in [0.29, 0.717) is 24.0 Å². The van der Waals surface area contributed by atoms with Gasteiger partial charge in [-0.25, -0.2) is 9.78 Å². The van der Waals surface area contributed by atoms with Crippen LogP contribution in [0.25, 0.3) is 0 Å². The predicted octanol–water partition coefficient (Wildman–Crippen LogP) is 3.46. The van der Waals surface area contributed by atoms with Crippen LogP contribution in [0.5, 0.6) is 0 Å². The summed E-state index contributed by atoms with van der Waals surface area (Å²) < 4.78 is 4.96. The van der Waals surface area contributed by atoms with Crippen LogP contribution in [0.4, 0.5) is 17.5 Å². The molecule has 2 N–H and O–H groups in total. The molecule has 0 aliphatic heterocycles. The molecule has 0 aliphatic carbocycles. The van der Waals surface area contributed by atoms with Crippen molar-refractivity contribution in [2.75, 3.05) is 23.8 Å². The van der Waals surface area contributed by atoms with Gasteiger partial charge in [0, 0.05) is 18.4 Å². The lowest BCUT2D eigenvalue weighted by atomic mass is 10.2. The number of hydrogen-bond acceptors (Lipinski definition) is 6. The van der Waals surface area contributed by atoms with Crippen LogP contribution in [-0.4, -0.2) is 29.1 Å². The Balaban J connectivity index is 2.01. The van der Waals surface area contributed by atoms with Crippen molar-refractivity contribution >= 4 is 23.4 Å². The number of carbonyl (C=O) groups is 1. The van der Waals surface area contributed by atoms with Crippen LogP contribution in [0, 0.1) is 5.92 Å². The smallest absolute Gasteiger partial charge is 0.338 e. The molecule has 1 heterocycles. The second-order valence-electron chi connectivity index (χ2n) is 5.46. The van der Waals surface area contributed by atoms with E-state index in [1.54, 1.807) is 37.4 Å². The van der Waals surface area contributed by atoms with E-state index >= 15 is 0 Å². The normalized spacial score (nSPS) is 10.4. The maximum Gasteiger partial charge on any atom is 0.338 e. The molecule has 6 nitrogen and oxygen atoms in total. The van der Waals surface area contributed by atoms with Gasteiger partial charge in [-0.2, -0.15) is 4.98 Å². The van der Waals surface area contributed by atoms with Gasteiger partial charge in [-0.15, -0.1) is 0 Å². The summed E-state index contributed by atoms with van der Waals surface area (Å²) in [4.78, 5) is 20.2. The van der Waals surface area contributed by atoms with Crippen LogP contribution in [-0.2, 0) is 4.74 Å². The third-order valence-electron chi connectivity index (χ3n) is 3.00. The predicted molar refractivity (Wildman–Crippen MR) is 91.0 cm³/mol. The summed E-state index contributed by atoms with van der Waals surface area (Å²) in [6, 6.07) is 8.84. The van der Waals surface area contributed by atoms with E-state index in [2.05, 4.69) is 34.4 Å². The van der Waals surface area contributed by atoms with Gasteiger partial charge in [0.15, 0.2) is 0 Å². The zero-order chi connectivity index (χ0) is 16.7. The number of ether oxygens (including phenoxy) is 1. The van der Waals surface area contributed by atoms with Gasteiger partial charge in [0.25, 0.3) is 0 Å². The molecule has 0 saturated carbocycles. The second kappa shape index (κ2) is 8.12. The fourth-order valence-electron chi connectivity index (χ4n) is 1.86. The van der Waals surface area contributed by atoms with Crippen molar-refractivity contribution in [3.05, 3.63) is 42.1 Å². The molecule has 0 aliphatic rings. The van der Waals surface area contributed by atoms with E-state index in [9.17, 15) is 4.79 Å². The van der Waals surface area contributed by atoms with Gasteiger partial charge < -0.3 is 15.4 Å². The monoisotopic (exact) mass is 314 g/mol. The molecule has 2 rings (SSSR count). The first-order chi connectivity index (χ1) is 11.1. The molecule has 6 heteroatoms. The van der Waals surface area contributed by atoms with E-state index in [1.807, 2.05) is 6.07 Å². The number of carbonyl (C=O) groups excluding carboxylic acids is 1. The molecule has 122 valence electrons. The van der Waals surface area contributed by atoms with Crippen molar-refractivity contribution in [3.8, 4) is 0 Å². The Morgan fingerprint density at radius 2 is 1.96 bits per heavy atom. The number of esters is 1. The molecule has 0 unspecified atom stereocenters. The lowest BCUT2D eigenvalue weighted by molar-refractivity contribution is 0.0526. The first kappa shape index (κ1) is 16.7. The molecule has 0 fully saturated rings. The van der Waals surface area contributed by atoms with E-state index in [1.165, 1.54) is 0 Å². The molecule has 2 aromatic rings. The van der Waals surface area contributed by atoms with Crippen LogP contribution in [0.15, 0.2) is 36.5 Å². The topological polar surface area (TPSA) is 76.1 Å². The molecule has 0 bridgehead atoms. The summed E-state index contributed by atoms with van der Waals surface area (Å²) in [7, 11) is 0. The summed E-state index contributed by atoms with van der Waals surface area (Å²) in [6.45, 7) is 7.27. The maximum atomic E-state index is 11.6. The van der Waals surface area contributed by atoms with Gasteiger partial charge in [-0.05, 0) is 43.2 Å². The number of hydrogen-bond donors (Lipinski definition) is 2. The molecular formula is C17H22N4O2. The SMILES string of the molecule is CCOC(=O)c1ccc(Nc2nccc(NCC(C)C)n2)cc1. The van der Waals surface area contributed by atoms with Crippen LogP contribution in [0.1, 0.15) is 31.1 Å². The largest absolute Gasteiger partial charge is 0.462 e. The van der Waals surface area contributed by atoms with Crippen molar-refractivity contribution < 1.29 is 9.53 Å². The van der Waals surface area contributed by atoms with E-state index in [0.717, 1.165) is 18.1 Å². The fourth-order valence-corrected chi connectivity index (χ4v) is 1.86. The number of nitrogens with one attached hydrogen (secondary N) is 2. The van der Waals surface area contributed by atoms with Crippen molar-refractivity contribution in [3.63, 3.8) is 0 Å². The number of anilines is 3. The third kappa shape index (κ3) is 5.25. The molecule has 0 atom stereocenters. The summed E-state index contributed by atoms with van der Waals surface area (Å²) in [6.07, 6.45) is 1.70. The van der Waals surface area contributed by atoms with Crippen LogP contribution in [0.2, 0.25) is 0 Å². The van der Waals surface area contributed by atoms with Crippen molar-refractivity contribution in [1.82, 2.24) is 9.97 Å². The van der Waals surface area contributed by atoms with Gasteiger partial charge in [0.05, 0.1) is 12.2 Å². The average molecular weight is 314 g/mol. The van der Waals surface area contributed by atoms with Gasteiger partial charge in [-0.3, -0.25) is 0 Å². The highest BCUT2D eigenvalue weighted by Crippen LogP contribution is 2.15. The van der Waals surface area contributed by atoms with Gasteiger partial charge in [0.1, 0.15) is 5.82 Å². The van der Waals surface area contributed by atoms with Crippen molar-refractivity contribution in [2.45, 2.75) is 20.8 Å². The molecular weight excluding hydrogens is 292 g/mol. The maximum absolute atomic E-state index is 11.6. The minimum atomic E-state index is -0.324. The molecule has 1 aromatic carbocycles. The Morgan fingerprint density at radius 3 is 2.61 bits per heavy atom. The Labute approximate surface area is 136 Å². The van der Waals surface area contributed by atoms with Crippen LogP contribution < -0.4 is 10.6 Å². The van der Waals surface area contributed by atoms with E-state index in [-0.39, 0.29) is 5.97 Å². The molecule has 1 aromatic heterocycles. The van der Waals surface area contributed by atoms with E-state index < -0.39 is 0 Å². The van der Waals surface area contributed by atoms with Gasteiger partial charge in [0.2, 0.25) is 5.95 Å². The summed E-state index contributed by atoms with van der Waals surface area (Å²) in [5.74, 6) is 1.49. The van der Waals surface area contributed by atoms with Gasteiger partial charge >= 0.3 is 5.97 Å². The lowest BCUT2D eigenvalue weighted by Gasteiger charge is -2.10. The number of benzene rings is 1. The second-order valence-corrected chi connectivity index (χ2v) is 5.46. The van der Waals surface area contributed by atoms with Crippen molar-refractivity contribution in [2.24, 2.45) is 5.92 Å². The zero-order valence-corrected chi connectivity index (χ0v) is 13.7. The quantitative estimate of drug-likeness (QED) is 0.762. The Bertz CT molecular complexity index is 641. The lowest BCUT2D eigenvalue weighted by Crippen LogP contribution is -2.10. The third-order valence-corrected chi connectivity index (χ3v) is 3.00. The van der Waals surface area contributed by atoms with E-state index in [4.69, 9.17) is 4.74 Å². The standard InChI is InChI=1S/C17H22N4O2/c1-4-23-16(22)13-5-7-14(8-6-13)20-17-18-10-9-15(21-17)19-11-12(2)3/h5-10,12H,4,11H2,1-3H3,(H2,18,19,20,21). The van der Waals surface area contributed by atoms with Crippen LogP contribution in [0.3, 0.4) is 0 Å². The number of rotatable bonds is 7. The summed E-state index contributed by atoms with van der Waals surface area (Å²) in [5.41, 5.74) is 1.32. The molecule has 0 amide bonds. The summed E-state index contributed by atoms with van der Waals surface area (Å²) in [5, 5.41) is 6.37. The highest BCUT2D eigenvalue weighted by molar-refractivity contribution is 5.89. The average Bonchev–Trinajstić information content (AvgIpc) is 2.54. The number of aromatic nitrogens is 2. The Hall–Kier alpha value is -2.63. The number of nitrogens with zero attached hydrogens (tertiary/aromatic N) is 2. The Morgan fingerprint density at radius 1 is 1.22 bits per heavy atom. The first-order valence-electron chi connectivity index (χ1n) is 7.69. The molecule has 23 heavy (non-hydrogen) atoms. The van der Waals surface area contributed by atoms with Crippen LogP contribution >= 0.6 is 0 Å². The molecule has 0 radical (unpaired) electrons. The zero-order valence-electron chi connectivity index (χ0n) is 13.7.